The molecule has 3 heterocycles. The van der Waals surface area contributed by atoms with Crippen molar-refractivity contribution in [2.75, 3.05) is 0 Å². The molecule has 7 heteroatoms. The highest BCUT2D eigenvalue weighted by Crippen LogP contribution is 2.24. The van der Waals surface area contributed by atoms with Crippen LogP contribution in [0.4, 0.5) is 0 Å². The van der Waals surface area contributed by atoms with Gasteiger partial charge in [0.2, 0.25) is 5.91 Å². The molecule has 0 spiro atoms. The van der Waals surface area contributed by atoms with Gasteiger partial charge in [-0.15, -0.1) is 11.3 Å². The lowest BCUT2D eigenvalue weighted by Gasteiger charge is -2.20. The molecule has 1 amide bonds. The third-order valence-corrected chi connectivity index (χ3v) is 5.92. The summed E-state index contributed by atoms with van der Waals surface area (Å²) >= 11 is 3.27. The molecule has 3 rings (SSSR count). The summed E-state index contributed by atoms with van der Waals surface area (Å²) < 4.78 is 2.01. The minimum Gasteiger partial charge on any atom is -0.346 e. The van der Waals surface area contributed by atoms with E-state index in [9.17, 15) is 4.79 Å². The second-order valence-corrected chi connectivity index (χ2v) is 7.92. The van der Waals surface area contributed by atoms with Gasteiger partial charge < -0.3 is 9.88 Å². The number of nitrogens with zero attached hydrogens (tertiary/aromatic N) is 3. The number of hydrogen-bond donors (Lipinski definition) is 1. The van der Waals surface area contributed by atoms with E-state index in [2.05, 4.69) is 32.1 Å². The van der Waals surface area contributed by atoms with Gasteiger partial charge in [0.25, 0.3) is 0 Å². The minimum absolute atomic E-state index is 0.0428. The Bertz CT molecular complexity index is 822. The molecule has 0 aliphatic carbocycles. The summed E-state index contributed by atoms with van der Waals surface area (Å²) in [5.74, 6) is 0.824. The summed E-state index contributed by atoms with van der Waals surface area (Å²) in [5.41, 5.74) is 2.22. The first-order valence-electron chi connectivity index (χ1n) is 8.24. The van der Waals surface area contributed by atoms with Gasteiger partial charge in [0.1, 0.15) is 10.8 Å². The molecule has 0 unspecified atom stereocenters. The number of carbonyl (C=O) groups excluding carboxylic acids is 1. The van der Waals surface area contributed by atoms with Crippen LogP contribution >= 0.6 is 22.7 Å². The van der Waals surface area contributed by atoms with E-state index >= 15 is 0 Å². The van der Waals surface area contributed by atoms with E-state index in [0.29, 0.717) is 6.54 Å². The fourth-order valence-electron chi connectivity index (χ4n) is 2.67. The zero-order valence-corrected chi connectivity index (χ0v) is 16.2. The van der Waals surface area contributed by atoms with Crippen molar-refractivity contribution in [1.29, 1.82) is 0 Å². The normalized spacial score (nSPS) is 13.6. The molecule has 0 aromatic carbocycles. The lowest BCUT2D eigenvalue weighted by molar-refractivity contribution is -0.125. The molecule has 0 bridgehead atoms. The predicted molar refractivity (Wildman–Crippen MR) is 102 cm³/mol. The van der Waals surface area contributed by atoms with Gasteiger partial charge in [0, 0.05) is 36.4 Å². The molecule has 0 fully saturated rings. The molecule has 0 aliphatic rings. The smallest absolute Gasteiger partial charge is 0.225 e. The second kappa shape index (κ2) is 7.93. The Morgan fingerprint density at radius 1 is 1.36 bits per heavy atom. The van der Waals surface area contributed by atoms with Crippen LogP contribution in [0.15, 0.2) is 34.6 Å². The number of nitrogens with one attached hydrogen (secondary N) is 1. The van der Waals surface area contributed by atoms with E-state index in [1.54, 1.807) is 28.9 Å². The SMILES string of the molecule is Cc1csc([C@H](Cc2ccsc2)NC(=O)[C@H](C)Cn2ccnc2C)n1. The molecule has 3 aromatic heterocycles. The highest BCUT2D eigenvalue weighted by Gasteiger charge is 2.22. The van der Waals surface area contributed by atoms with Gasteiger partial charge in [-0.25, -0.2) is 9.97 Å². The number of aromatic nitrogens is 3. The Kier molecular flexibility index (Phi) is 5.65. The highest BCUT2D eigenvalue weighted by atomic mass is 32.1. The molecule has 0 aliphatic heterocycles. The molecular formula is C18H22N4OS2. The first-order chi connectivity index (χ1) is 12.0. The Labute approximate surface area is 155 Å². The number of aryl methyl sites for hydroxylation is 2. The van der Waals surface area contributed by atoms with Gasteiger partial charge in [-0.05, 0) is 36.2 Å². The van der Waals surface area contributed by atoms with E-state index in [1.165, 1.54) is 5.56 Å². The van der Waals surface area contributed by atoms with Crippen molar-refractivity contribution in [3.05, 3.63) is 56.7 Å². The van der Waals surface area contributed by atoms with Crippen LogP contribution in [-0.4, -0.2) is 20.4 Å². The van der Waals surface area contributed by atoms with Crippen molar-refractivity contribution >= 4 is 28.6 Å². The van der Waals surface area contributed by atoms with Crippen LogP contribution in [0.25, 0.3) is 0 Å². The van der Waals surface area contributed by atoms with E-state index in [1.807, 2.05) is 36.9 Å². The van der Waals surface area contributed by atoms with Crippen LogP contribution in [0.5, 0.6) is 0 Å². The monoisotopic (exact) mass is 374 g/mol. The fraction of sp³-hybridized carbons (Fsp3) is 0.389. The number of carbonyl (C=O) groups is 1. The standard InChI is InChI=1S/C18H22N4OS2/c1-12(9-22-6-5-19-14(22)3)17(23)21-16(8-15-4-7-24-11-15)18-20-13(2)10-25-18/h4-7,10-12,16H,8-9H2,1-3H3,(H,21,23)/t12-,16+/m1/s1. The van der Waals surface area contributed by atoms with Gasteiger partial charge in [0.05, 0.1) is 12.0 Å². The van der Waals surface area contributed by atoms with Crippen molar-refractivity contribution in [3.63, 3.8) is 0 Å². The van der Waals surface area contributed by atoms with Gasteiger partial charge in [-0.1, -0.05) is 6.92 Å². The van der Waals surface area contributed by atoms with Crippen LogP contribution in [0, 0.1) is 19.8 Å². The Balaban J connectivity index is 1.70. The van der Waals surface area contributed by atoms with Crippen LogP contribution in [0.2, 0.25) is 0 Å². The van der Waals surface area contributed by atoms with E-state index in [4.69, 9.17) is 0 Å². The molecule has 132 valence electrons. The quantitative estimate of drug-likeness (QED) is 0.685. The van der Waals surface area contributed by atoms with Gasteiger partial charge in [-0.2, -0.15) is 11.3 Å². The van der Waals surface area contributed by atoms with Crippen molar-refractivity contribution in [3.8, 4) is 0 Å². The summed E-state index contributed by atoms with van der Waals surface area (Å²) in [5, 5.41) is 10.4. The lowest BCUT2D eigenvalue weighted by Crippen LogP contribution is -2.35. The number of imidazole rings is 1. The summed E-state index contributed by atoms with van der Waals surface area (Å²) in [7, 11) is 0. The Morgan fingerprint density at radius 3 is 2.80 bits per heavy atom. The zero-order valence-electron chi connectivity index (χ0n) is 14.6. The zero-order chi connectivity index (χ0) is 17.8. The number of hydrogen-bond acceptors (Lipinski definition) is 5. The number of thiazole rings is 1. The van der Waals surface area contributed by atoms with Gasteiger partial charge >= 0.3 is 0 Å². The maximum Gasteiger partial charge on any atom is 0.225 e. The van der Waals surface area contributed by atoms with Crippen LogP contribution < -0.4 is 5.32 Å². The molecule has 25 heavy (non-hydrogen) atoms. The van der Waals surface area contributed by atoms with Crippen LogP contribution in [-0.2, 0) is 17.8 Å². The summed E-state index contributed by atoms with van der Waals surface area (Å²) in [4.78, 5) is 21.5. The lowest BCUT2D eigenvalue weighted by atomic mass is 10.1. The minimum atomic E-state index is -0.140. The fourth-order valence-corrected chi connectivity index (χ4v) is 4.19. The van der Waals surface area contributed by atoms with E-state index in [0.717, 1.165) is 22.9 Å². The number of amides is 1. The maximum absolute atomic E-state index is 12.7. The van der Waals surface area contributed by atoms with E-state index in [-0.39, 0.29) is 17.9 Å². The number of thiophene rings is 1. The highest BCUT2D eigenvalue weighted by molar-refractivity contribution is 7.09. The van der Waals surface area contributed by atoms with Gasteiger partial charge in [-0.3, -0.25) is 4.79 Å². The largest absolute Gasteiger partial charge is 0.346 e. The molecule has 2 atom stereocenters. The third kappa shape index (κ3) is 4.55. The van der Waals surface area contributed by atoms with Crippen molar-refractivity contribution in [2.45, 2.75) is 39.8 Å². The first kappa shape index (κ1) is 17.8. The predicted octanol–water partition coefficient (Wildman–Crippen LogP) is 3.75. The molecule has 0 radical (unpaired) electrons. The van der Waals surface area contributed by atoms with Crippen molar-refractivity contribution in [1.82, 2.24) is 19.9 Å². The van der Waals surface area contributed by atoms with Gasteiger partial charge in [0.15, 0.2) is 0 Å². The molecule has 0 saturated carbocycles. The average Bonchev–Trinajstić information content (AvgIpc) is 3.31. The Morgan fingerprint density at radius 2 is 2.20 bits per heavy atom. The molecular weight excluding hydrogens is 352 g/mol. The van der Waals surface area contributed by atoms with Crippen LogP contribution in [0.3, 0.4) is 0 Å². The first-order valence-corrected chi connectivity index (χ1v) is 10.1. The molecule has 1 N–H and O–H groups in total. The second-order valence-electron chi connectivity index (χ2n) is 6.25. The van der Waals surface area contributed by atoms with E-state index < -0.39 is 0 Å². The van der Waals surface area contributed by atoms with Crippen LogP contribution in [0.1, 0.15) is 35.1 Å². The topological polar surface area (TPSA) is 59.8 Å². The third-order valence-electron chi connectivity index (χ3n) is 4.11. The maximum atomic E-state index is 12.7. The summed E-state index contributed by atoms with van der Waals surface area (Å²) in [6.07, 6.45) is 4.43. The summed E-state index contributed by atoms with van der Waals surface area (Å²) in [6, 6.07) is 2.01. The van der Waals surface area contributed by atoms with Crippen molar-refractivity contribution < 1.29 is 4.79 Å². The molecule has 0 saturated heterocycles. The van der Waals surface area contributed by atoms with Crippen molar-refractivity contribution in [2.24, 2.45) is 5.92 Å². The number of rotatable bonds is 7. The summed E-state index contributed by atoms with van der Waals surface area (Å²) in [6.45, 7) is 6.50. The average molecular weight is 375 g/mol. The molecule has 3 aromatic rings. The molecule has 5 nitrogen and oxygen atoms in total. The Hall–Kier alpha value is -1.99.